The van der Waals surface area contributed by atoms with E-state index in [1.165, 1.54) is 12.8 Å². The number of fused-ring (bicyclic) bond motifs is 1. The highest BCUT2D eigenvalue weighted by molar-refractivity contribution is 7.80. The number of thiol groups is 1. The average Bonchev–Trinajstić information content (AvgIpc) is 2.74. The molecule has 3 rings (SSSR count). The number of nitrogens with zero attached hydrogens (tertiary/aromatic N) is 3. The molecule has 1 N–H and O–H groups in total. The molecule has 0 saturated heterocycles. The summed E-state index contributed by atoms with van der Waals surface area (Å²) in [5, 5.41) is 1.10. The summed E-state index contributed by atoms with van der Waals surface area (Å²) in [5.74, 6) is 2.79. The molecular weight excluding hydrogens is 232 g/mol. The minimum Gasteiger partial charge on any atom is -0.356 e. The smallest absolute Gasteiger partial charge is 0.142 e. The third kappa shape index (κ3) is 1.78. The second-order valence-electron chi connectivity index (χ2n) is 4.72. The topological polar surface area (TPSA) is 44.8 Å². The first kappa shape index (κ1) is 10.9. The molecule has 0 aliphatic heterocycles. The first-order valence-electron chi connectivity index (χ1n) is 5.91. The molecule has 5 heteroatoms. The molecule has 1 aliphatic carbocycles. The summed E-state index contributed by atoms with van der Waals surface area (Å²) in [7, 11) is 2.12. The van der Waals surface area contributed by atoms with Gasteiger partial charge in [-0.05, 0) is 30.6 Å². The number of hydrogen-bond donors (Lipinski definition) is 2. The Bertz CT molecular complexity index is 518. The van der Waals surface area contributed by atoms with Gasteiger partial charge in [-0.1, -0.05) is 0 Å². The number of H-pyrrole nitrogens is 1. The molecule has 0 spiro atoms. The fourth-order valence-electron chi connectivity index (χ4n) is 2.48. The summed E-state index contributed by atoms with van der Waals surface area (Å²) in [6, 6.07) is 2.63. The van der Waals surface area contributed by atoms with Gasteiger partial charge in [0.1, 0.15) is 17.8 Å². The second-order valence-corrected chi connectivity index (χ2v) is 5.09. The quantitative estimate of drug-likeness (QED) is 0.818. The van der Waals surface area contributed by atoms with Crippen LogP contribution in [0.25, 0.3) is 11.0 Å². The third-order valence-corrected chi connectivity index (χ3v) is 4.20. The summed E-state index contributed by atoms with van der Waals surface area (Å²) in [4.78, 5) is 14.0. The van der Waals surface area contributed by atoms with Crippen LogP contribution in [-0.4, -0.2) is 33.8 Å². The van der Waals surface area contributed by atoms with Crippen molar-refractivity contribution in [1.29, 1.82) is 0 Å². The van der Waals surface area contributed by atoms with Gasteiger partial charge in [0.2, 0.25) is 0 Å². The standard InChI is InChI=1S/C12H16N4S/c1-16(9-4-8(5-9)6-17)12-10-2-3-13-11(10)14-7-15-12/h2-3,7-9,17H,4-6H2,1H3,(H,13,14,15)/t8-,9+. The SMILES string of the molecule is CN(c1ncnc2[nH]ccc12)[C@H]1C[C@@H](CS)C1. The minimum atomic E-state index is 0.597. The molecule has 1 aliphatic rings. The highest BCUT2D eigenvalue weighted by atomic mass is 32.1. The molecule has 17 heavy (non-hydrogen) atoms. The predicted molar refractivity (Wildman–Crippen MR) is 72.7 cm³/mol. The molecule has 0 unspecified atom stereocenters. The third-order valence-electron chi connectivity index (χ3n) is 3.68. The second kappa shape index (κ2) is 4.22. The van der Waals surface area contributed by atoms with Crippen molar-refractivity contribution in [2.24, 2.45) is 5.92 Å². The molecule has 0 amide bonds. The van der Waals surface area contributed by atoms with Gasteiger partial charge in [-0.15, -0.1) is 0 Å². The van der Waals surface area contributed by atoms with E-state index in [2.05, 4.69) is 39.5 Å². The number of aromatic amines is 1. The van der Waals surface area contributed by atoms with E-state index in [-0.39, 0.29) is 0 Å². The Labute approximate surface area is 106 Å². The largest absolute Gasteiger partial charge is 0.356 e. The molecule has 0 radical (unpaired) electrons. The predicted octanol–water partition coefficient (Wildman–Crippen LogP) is 2.10. The molecule has 0 aromatic carbocycles. The van der Waals surface area contributed by atoms with Crippen LogP contribution in [0.5, 0.6) is 0 Å². The van der Waals surface area contributed by atoms with Crippen LogP contribution in [0.1, 0.15) is 12.8 Å². The van der Waals surface area contributed by atoms with Gasteiger partial charge >= 0.3 is 0 Å². The molecule has 4 nitrogen and oxygen atoms in total. The minimum absolute atomic E-state index is 0.597. The Morgan fingerprint density at radius 2 is 2.29 bits per heavy atom. The van der Waals surface area contributed by atoms with Crippen LogP contribution < -0.4 is 4.90 Å². The Kier molecular flexibility index (Phi) is 2.70. The zero-order valence-corrected chi connectivity index (χ0v) is 10.7. The Balaban J connectivity index is 1.86. The highest BCUT2D eigenvalue weighted by Crippen LogP contribution is 2.35. The van der Waals surface area contributed by atoms with Crippen LogP contribution in [0.15, 0.2) is 18.6 Å². The zero-order valence-electron chi connectivity index (χ0n) is 9.80. The van der Waals surface area contributed by atoms with E-state index in [0.717, 1.165) is 28.5 Å². The summed E-state index contributed by atoms with van der Waals surface area (Å²) < 4.78 is 0. The molecule has 2 aromatic rings. The van der Waals surface area contributed by atoms with Crippen molar-refractivity contribution in [3.63, 3.8) is 0 Å². The van der Waals surface area contributed by atoms with Crippen molar-refractivity contribution < 1.29 is 0 Å². The van der Waals surface area contributed by atoms with Gasteiger partial charge in [-0.3, -0.25) is 0 Å². The Morgan fingerprint density at radius 3 is 3.06 bits per heavy atom. The normalized spacial score (nSPS) is 23.6. The van der Waals surface area contributed by atoms with Crippen LogP contribution in [0.4, 0.5) is 5.82 Å². The van der Waals surface area contributed by atoms with E-state index in [9.17, 15) is 0 Å². The van der Waals surface area contributed by atoms with E-state index >= 15 is 0 Å². The van der Waals surface area contributed by atoms with Crippen molar-refractivity contribution in [1.82, 2.24) is 15.0 Å². The first-order valence-corrected chi connectivity index (χ1v) is 6.54. The maximum absolute atomic E-state index is 4.41. The lowest BCUT2D eigenvalue weighted by Crippen LogP contribution is -2.43. The monoisotopic (exact) mass is 248 g/mol. The van der Waals surface area contributed by atoms with Gasteiger partial charge in [0.05, 0.1) is 5.39 Å². The van der Waals surface area contributed by atoms with Crippen LogP contribution in [0.2, 0.25) is 0 Å². The van der Waals surface area contributed by atoms with Gasteiger partial charge in [0, 0.05) is 19.3 Å². The van der Waals surface area contributed by atoms with Crippen molar-refractivity contribution in [3.05, 3.63) is 18.6 Å². The molecule has 0 bridgehead atoms. The van der Waals surface area contributed by atoms with Crippen molar-refractivity contribution in [3.8, 4) is 0 Å². The lowest BCUT2D eigenvalue weighted by atomic mass is 9.81. The molecule has 1 saturated carbocycles. The fraction of sp³-hybridized carbons (Fsp3) is 0.500. The lowest BCUT2D eigenvalue weighted by Gasteiger charge is -2.41. The van der Waals surface area contributed by atoms with E-state index in [0.29, 0.717) is 6.04 Å². The van der Waals surface area contributed by atoms with Gasteiger partial charge in [0.25, 0.3) is 0 Å². The van der Waals surface area contributed by atoms with Crippen LogP contribution in [0.3, 0.4) is 0 Å². The van der Waals surface area contributed by atoms with E-state index in [1.807, 2.05) is 12.3 Å². The molecule has 90 valence electrons. The molecule has 0 atom stereocenters. The van der Waals surface area contributed by atoms with E-state index < -0.39 is 0 Å². The van der Waals surface area contributed by atoms with Gasteiger partial charge in [0.15, 0.2) is 0 Å². The number of hydrogen-bond acceptors (Lipinski definition) is 4. The number of aromatic nitrogens is 3. The molecule has 2 aromatic heterocycles. The fourth-order valence-corrected chi connectivity index (χ4v) is 2.78. The average molecular weight is 248 g/mol. The Morgan fingerprint density at radius 1 is 1.47 bits per heavy atom. The summed E-state index contributed by atoms with van der Waals surface area (Å²) >= 11 is 4.34. The lowest BCUT2D eigenvalue weighted by molar-refractivity contribution is 0.286. The summed E-state index contributed by atoms with van der Waals surface area (Å²) in [5.41, 5.74) is 0.909. The number of nitrogens with one attached hydrogen (secondary N) is 1. The Hall–Kier alpha value is -1.23. The summed E-state index contributed by atoms with van der Waals surface area (Å²) in [6.07, 6.45) is 5.97. The number of rotatable bonds is 3. The van der Waals surface area contributed by atoms with Gasteiger partial charge < -0.3 is 9.88 Å². The molecule has 2 heterocycles. The van der Waals surface area contributed by atoms with E-state index in [4.69, 9.17) is 0 Å². The maximum Gasteiger partial charge on any atom is 0.142 e. The van der Waals surface area contributed by atoms with Crippen LogP contribution in [0, 0.1) is 5.92 Å². The summed E-state index contributed by atoms with van der Waals surface area (Å²) in [6.45, 7) is 0. The van der Waals surface area contributed by atoms with Crippen LogP contribution in [-0.2, 0) is 0 Å². The molecule has 1 fully saturated rings. The van der Waals surface area contributed by atoms with Crippen molar-refractivity contribution in [2.45, 2.75) is 18.9 Å². The van der Waals surface area contributed by atoms with Crippen molar-refractivity contribution >= 4 is 29.5 Å². The van der Waals surface area contributed by atoms with Gasteiger partial charge in [-0.25, -0.2) is 9.97 Å². The maximum atomic E-state index is 4.41. The molecular formula is C12H16N4S. The van der Waals surface area contributed by atoms with Crippen LogP contribution >= 0.6 is 12.6 Å². The van der Waals surface area contributed by atoms with Gasteiger partial charge in [-0.2, -0.15) is 12.6 Å². The first-order chi connectivity index (χ1) is 8.29. The zero-order chi connectivity index (χ0) is 11.8. The van der Waals surface area contributed by atoms with E-state index in [1.54, 1.807) is 6.33 Å². The van der Waals surface area contributed by atoms with Crippen molar-refractivity contribution in [2.75, 3.05) is 17.7 Å². The highest BCUT2D eigenvalue weighted by Gasteiger charge is 2.32. The number of anilines is 1.